The molecule has 2 heterocycles. The Morgan fingerprint density at radius 2 is 2.18 bits per heavy atom. The second kappa shape index (κ2) is 4.88. The van der Waals surface area contributed by atoms with Crippen molar-refractivity contribution in [2.24, 2.45) is 5.92 Å². The molecule has 0 bridgehead atoms. The first-order chi connectivity index (χ1) is 8.03. The summed E-state index contributed by atoms with van der Waals surface area (Å²) in [7, 11) is 0. The second-order valence-electron chi connectivity index (χ2n) is 5.11. The highest BCUT2D eigenvalue weighted by atomic mass is 32.2. The Bertz CT molecular complexity index is 326. The Labute approximate surface area is 106 Å². The monoisotopic (exact) mass is 257 g/mol. The van der Waals surface area contributed by atoms with Gasteiger partial charge in [0.05, 0.1) is 10.7 Å². The predicted octanol–water partition coefficient (Wildman–Crippen LogP) is 1.60. The molecule has 2 aliphatic rings. The van der Waals surface area contributed by atoms with E-state index >= 15 is 0 Å². The van der Waals surface area contributed by atoms with Crippen LogP contribution in [0.1, 0.15) is 32.6 Å². The number of piperidine rings is 1. The zero-order valence-electron chi connectivity index (χ0n) is 10.1. The number of aliphatic carboxylic acids is 1. The van der Waals surface area contributed by atoms with Crippen LogP contribution in [0.3, 0.4) is 0 Å². The molecular formula is C12H19NO3S. The number of thioether (sulfide) groups is 1. The molecular weight excluding hydrogens is 238 g/mol. The minimum Gasteiger partial charge on any atom is -0.481 e. The summed E-state index contributed by atoms with van der Waals surface area (Å²) in [5.41, 5.74) is 0. The van der Waals surface area contributed by atoms with Gasteiger partial charge in [-0.15, -0.1) is 11.8 Å². The maximum atomic E-state index is 12.4. The molecule has 1 N–H and O–H groups in total. The van der Waals surface area contributed by atoms with Gasteiger partial charge in [-0.1, -0.05) is 0 Å². The van der Waals surface area contributed by atoms with Crippen molar-refractivity contribution in [3.05, 3.63) is 0 Å². The van der Waals surface area contributed by atoms with Crippen LogP contribution >= 0.6 is 11.8 Å². The van der Waals surface area contributed by atoms with Crippen LogP contribution in [0.5, 0.6) is 0 Å². The first-order valence-corrected chi connectivity index (χ1v) is 7.18. The van der Waals surface area contributed by atoms with E-state index in [1.807, 2.05) is 6.92 Å². The van der Waals surface area contributed by atoms with E-state index in [2.05, 4.69) is 0 Å². The zero-order valence-corrected chi connectivity index (χ0v) is 11.0. The van der Waals surface area contributed by atoms with Gasteiger partial charge in [0, 0.05) is 13.1 Å². The Balaban J connectivity index is 2.01. The molecule has 2 atom stereocenters. The van der Waals surface area contributed by atoms with Gasteiger partial charge in [0.15, 0.2) is 0 Å². The molecule has 1 amide bonds. The highest BCUT2D eigenvalue weighted by Gasteiger charge is 2.41. The average molecular weight is 257 g/mol. The van der Waals surface area contributed by atoms with E-state index < -0.39 is 5.97 Å². The summed E-state index contributed by atoms with van der Waals surface area (Å²) < 4.78 is -0.305. The molecule has 5 heteroatoms. The lowest BCUT2D eigenvalue weighted by Crippen LogP contribution is -2.49. The van der Waals surface area contributed by atoms with E-state index in [4.69, 9.17) is 5.11 Å². The third kappa shape index (κ3) is 2.59. The summed E-state index contributed by atoms with van der Waals surface area (Å²) in [5, 5.41) is 9.02. The minimum atomic E-state index is -0.772. The van der Waals surface area contributed by atoms with Gasteiger partial charge in [0.2, 0.25) is 5.91 Å². The summed E-state index contributed by atoms with van der Waals surface area (Å²) in [6, 6.07) is 0. The van der Waals surface area contributed by atoms with Crippen molar-refractivity contribution in [3.8, 4) is 0 Å². The van der Waals surface area contributed by atoms with Gasteiger partial charge in [-0.05, 0) is 38.4 Å². The number of nitrogens with zero attached hydrogens (tertiary/aromatic N) is 1. The molecule has 0 radical (unpaired) electrons. The molecule has 2 saturated heterocycles. The van der Waals surface area contributed by atoms with Gasteiger partial charge in [-0.2, -0.15) is 0 Å². The molecule has 0 spiro atoms. The fraction of sp³-hybridized carbons (Fsp3) is 0.833. The standard InChI is InChI=1S/C12H19NO3S/c1-12(5-3-7-17-12)11(16)13-6-2-4-9(8-13)10(14)15/h9H,2-8H2,1H3,(H,14,15)/t9-,12?/m1/s1. The zero-order chi connectivity index (χ0) is 12.5. The highest BCUT2D eigenvalue weighted by Crippen LogP contribution is 2.39. The number of carbonyl (C=O) groups is 2. The van der Waals surface area contributed by atoms with E-state index in [1.165, 1.54) is 0 Å². The third-order valence-electron chi connectivity index (χ3n) is 3.73. The molecule has 2 rings (SSSR count). The molecule has 0 aliphatic carbocycles. The lowest BCUT2D eigenvalue weighted by atomic mass is 9.96. The van der Waals surface area contributed by atoms with E-state index in [0.717, 1.165) is 31.6 Å². The molecule has 2 aliphatic heterocycles. The lowest BCUT2D eigenvalue weighted by molar-refractivity contribution is -0.146. The van der Waals surface area contributed by atoms with E-state index in [-0.39, 0.29) is 16.6 Å². The molecule has 4 nitrogen and oxygen atoms in total. The predicted molar refractivity (Wildman–Crippen MR) is 67.0 cm³/mol. The first-order valence-electron chi connectivity index (χ1n) is 6.19. The largest absolute Gasteiger partial charge is 0.481 e. The van der Waals surface area contributed by atoms with Crippen molar-refractivity contribution in [1.82, 2.24) is 4.90 Å². The molecule has 0 aromatic heterocycles. The van der Waals surface area contributed by atoms with Crippen LogP contribution in [-0.2, 0) is 9.59 Å². The molecule has 1 unspecified atom stereocenters. The molecule has 0 saturated carbocycles. The normalized spacial score (nSPS) is 33.7. The number of carboxylic acids is 1. The maximum absolute atomic E-state index is 12.4. The van der Waals surface area contributed by atoms with Gasteiger partial charge in [-0.3, -0.25) is 9.59 Å². The fourth-order valence-electron chi connectivity index (χ4n) is 2.65. The molecule has 0 aromatic rings. The maximum Gasteiger partial charge on any atom is 0.308 e. The fourth-order valence-corrected chi connectivity index (χ4v) is 3.93. The number of hydrogen-bond donors (Lipinski definition) is 1. The summed E-state index contributed by atoms with van der Waals surface area (Å²) in [6.07, 6.45) is 3.51. The van der Waals surface area contributed by atoms with Gasteiger partial charge < -0.3 is 10.0 Å². The summed E-state index contributed by atoms with van der Waals surface area (Å²) in [6.45, 7) is 3.11. The molecule has 0 aromatic carbocycles. The summed E-state index contributed by atoms with van der Waals surface area (Å²) in [4.78, 5) is 25.1. The van der Waals surface area contributed by atoms with Crippen LogP contribution < -0.4 is 0 Å². The van der Waals surface area contributed by atoms with Crippen molar-refractivity contribution in [2.75, 3.05) is 18.8 Å². The van der Waals surface area contributed by atoms with Gasteiger partial charge >= 0.3 is 5.97 Å². The minimum absolute atomic E-state index is 0.144. The topological polar surface area (TPSA) is 57.6 Å². The number of rotatable bonds is 2. The Hall–Kier alpha value is -0.710. The van der Waals surface area contributed by atoms with Gasteiger partial charge in [0.25, 0.3) is 0 Å². The highest BCUT2D eigenvalue weighted by molar-refractivity contribution is 8.01. The van der Waals surface area contributed by atoms with Crippen LogP contribution in [0, 0.1) is 5.92 Å². The first kappa shape index (κ1) is 12.7. The number of carbonyl (C=O) groups excluding carboxylic acids is 1. The lowest BCUT2D eigenvalue weighted by Gasteiger charge is -2.35. The van der Waals surface area contributed by atoms with Gasteiger partial charge in [-0.25, -0.2) is 0 Å². The van der Waals surface area contributed by atoms with E-state index in [1.54, 1.807) is 16.7 Å². The molecule has 96 valence electrons. The van der Waals surface area contributed by atoms with E-state index in [0.29, 0.717) is 13.0 Å². The van der Waals surface area contributed by atoms with Crippen molar-refractivity contribution in [3.63, 3.8) is 0 Å². The third-order valence-corrected chi connectivity index (χ3v) is 5.24. The van der Waals surface area contributed by atoms with Crippen molar-refractivity contribution >= 4 is 23.6 Å². The number of carboxylic acid groups (broad SMARTS) is 1. The molecule has 2 fully saturated rings. The Morgan fingerprint density at radius 3 is 2.76 bits per heavy atom. The summed E-state index contributed by atoms with van der Waals surface area (Å²) >= 11 is 1.72. The van der Waals surface area contributed by atoms with Crippen LogP contribution in [-0.4, -0.2) is 45.5 Å². The second-order valence-corrected chi connectivity index (χ2v) is 6.71. The SMILES string of the molecule is CC1(C(=O)N2CCC[C@@H](C(=O)O)C2)CCCS1. The number of likely N-dealkylation sites (tertiary alicyclic amines) is 1. The van der Waals surface area contributed by atoms with Crippen LogP contribution in [0.15, 0.2) is 0 Å². The van der Waals surface area contributed by atoms with Crippen molar-refractivity contribution < 1.29 is 14.7 Å². The van der Waals surface area contributed by atoms with Crippen LogP contribution in [0.25, 0.3) is 0 Å². The summed E-state index contributed by atoms with van der Waals surface area (Å²) in [5.74, 6) is 0.0405. The smallest absolute Gasteiger partial charge is 0.308 e. The Morgan fingerprint density at radius 1 is 1.41 bits per heavy atom. The van der Waals surface area contributed by atoms with Crippen LogP contribution in [0.2, 0.25) is 0 Å². The average Bonchev–Trinajstić information content (AvgIpc) is 2.76. The molecule has 17 heavy (non-hydrogen) atoms. The van der Waals surface area contributed by atoms with E-state index in [9.17, 15) is 9.59 Å². The van der Waals surface area contributed by atoms with Crippen molar-refractivity contribution in [2.45, 2.75) is 37.4 Å². The number of amides is 1. The van der Waals surface area contributed by atoms with Crippen molar-refractivity contribution in [1.29, 1.82) is 0 Å². The number of hydrogen-bond acceptors (Lipinski definition) is 3. The van der Waals surface area contributed by atoms with Gasteiger partial charge in [0.1, 0.15) is 0 Å². The quantitative estimate of drug-likeness (QED) is 0.816. The Kier molecular flexibility index (Phi) is 3.66. The van der Waals surface area contributed by atoms with Crippen LogP contribution in [0.4, 0.5) is 0 Å².